The normalized spacial score (nSPS) is 16.6. The van der Waals surface area contributed by atoms with Gasteiger partial charge < -0.3 is 15.5 Å². The number of amides is 1. The molecule has 1 aliphatic rings. The smallest absolute Gasteiger partial charge is 0.230 e. The second kappa shape index (κ2) is 8.52. The van der Waals surface area contributed by atoms with E-state index in [-0.39, 0.29) is 16.3 Å². The van der Waals surface area contributed by atoms with Gasteiger partial charge in [0.05, 0.1) is 10.4 Å². The highest BCUT2D eigenvalue weighted by Gasteiger charge is 2.42. The Morgan fingerprint density at radius 2 is 2.00 bits per heavy atom. The summed E-state index contributed by atoms with van der Waals surface area (Å²) in [4.78, 5) is 18.5. The number of benzene rings is 1. The van der Waals surface area contributed by atoms with Crippen molar-refractivity contribution in [3.05, 3.63) is 34.6 Å². The molecular weight excluding hydrogens is 343 g/mol. The summed E-state index contributed by atoms with van der Waals surface area (Å²) in [5, 5.41) is 6.54. The second-order valence-corrected chi connectivity index (χ2v) is 7.12. The summed E-state index contributed by atoms with van der Waals surface area (Å²) in [6.45, 7) is 1.02. The average Bonchev–Trinajstić information content (AvgIpc) is 3.07. The Kier molecular flexibility index (Phi) is 6.64. The van der Waals surface area contributed by atoms with Gasteiger partial charge in [0.25, 0.3) is 0 Å². The number of carbonyl (C=O) groups excluding carboxylic acids is 1. The number of aliphatic imine (C=N–C) groups is 1. The lowest BCUT2D eigenvalue weighted by Gasteiger charge is -2.31. The third-order valence-electron chi connectivity index (χ3n) is 4.68. The zero-order chi connectivity index (χ0) is 18.4. The predicted octanol–water partition coefficient (Wildman–Crippen LogP) is 2.79. The van der Waals surface area contributed by atoms with Crippen molar-refractivity contribution in [1.29, 1.82) is 0 Å². The lowest BCUT2D eigenvalue weighted by Crippen LogP contribution is -2.49. The zero-order valence-corrected chi connectivity index (χ0v) is 15.8. The van der Waals surface area contributed by atoms with Crippen LogP contribution in [0.3, 0.4) is 0 Å². The van der Waals surface area contributed by atoms with Gasteiger partial charge >= 0.3 is 0 Å². The van der Waals surface area contributed by atoms with Gasteiger partial charge in [0.1, 0.15) is 5.82 Å². The molecular formula is C18H26ClFN4O. The Morgan fingerprint density at radius 1 is 1.32 bits per heavy atom. The molecule has 2 N–H and O–H groups in total. The molecule has 1 amide bonds. The van der Waals surface area contributed by atoms with E-state index in [9.17, 15) is 9.18 Å². The molecule has 1 aromatic rings. The summed E-state index contributed by atoms with van der Waals surface area (Å²) < 4.78 is 13.2. The fraction of sp³-hybridized carbons (Fsp3) is 0.556. The van der Waals surface area contributed by atoms with Crippen LogP contribution in [0.1, 0.15) is 31.2 Å². The van der Waals surface area contributed by atoms with Crippen molar-refractivity contribution < 1.29 is 9.18 Å². The highest BCUT2D eigenvalue weighted by molar-refractivity contribution is 6.30. The van der Waals surface area contributed by atoms with Gasteiger partial charge in [-0.05, 0) is 30.5 Å². The van der Waals surface area contributed by atoms with E-state index in [0.29, 0.717) is 19.0 Å². The highest BCUT2D eigenvalue weighted by Crippen LogP contribution is 2.38. The molecule has 1 aromatic carbocycles. The molecule has 1 fully saturated rings. The van der Waals surface area contributed by atoms with Gasteiger partial charge in [-0.25, -0.2) is 4.39 Å². The van der Waals surface area contributed by atoms with E-state index in [1.807, 2.05) is 0 Å². The van der Waals surface area contributed by atoms with Crippen molar-refractivity contribution in [2.45, 2.75) is 32.2 Å². The number of hydrogen-bond acceptors (Lipinski definition) is 2. The minimum absolute atomic E-state index is 0.101. The summed E-state index contributed by atoms with van der Waals surface area (Å²) in [7, 11) is 5.28. The second-order valence-electron chi connectivity index (χ2n) is 6.71. The molecule has 0 saturated heterocycles. The van der Waals surface area contributed by atoms with Crippen LogP contribution in [0.5, 0.6) is 0 Å². The fourth-order valence-corrected chi connectivity index (χ4v) is 3.50. The standard InChI is InChI=1S/C18H26ClFN4O/c1-21-17(22-11-13-6-7-15(20)14(19)10-13)23-12-18(8-4-5-9-18)16(25)24(2)3/h6-7,10H,4-5,8-9,11-12H2,1-3H3,(H2,21,22,23). The molecule has 0 radical (unpaired) electrons. The molecule has 5 nitrogen and oxygen atoms in total. The Hall–Kier alpha value is -1.82. The minimum Gasteiger partial charge on any atom is -0.355 e. The zero-order valence-electron chi connectivity index (χ0n) is 15.0. The molecule has 0 heterocycles. The molecule has 7 heteroatoms. The van der Waals surface area contributed by atoms with Crippen LogP contribution in [0.4, 0.5) is 4.39 Å². The highest BCUT2D eigenvalue weighted by atomic mass is 35.5. The van der Waals surface area contributed by atoms with E-state index in [4.69, 9.17) is 11.6 Å². The first kappa shape index (κ1) is 19.5. The molecule has 0 unspecified atom stereocenters. The molecule has 0 aromatic heterocycles. The van der Waals surface area contributed by atoms with Crippen LogP contribution < -0.4 is 10.6 Å². The third kappa shape index (κ3) is 4.84. The number of hydrogen-bond donors (Lipinski definition) is 2. The van der Waals surface area contributed by atoms with Crippen molar-refractivity contribution in [3.63, 3.8) is 0 Å². The van der Waals surface area contributed by atoms with Crippen molar-refractivity contribution in [2.24, 2.45) is 10.4 Å². The van der Waals surface area contributed by atoms with Gasteiger partial charge in [-0.1, -0.05) is 30.5 Å². The van der Waals surface area contributed by atoms with Gasteiger partial charge in [-0.2, -0.15) is 0 Å². The van der Waals surface area contributed by atoms with Gasteiger partial charge in [-0.15, -0.1) is 0 Å². The van der Waals surface area contributed by atoms with Gasteiger partial charge in [0.15, 0.2) is 5.96 Å². The minimum atomic E-state index is -0.432. The number of halogens is 2. The Morgan fingerprint density at radius 3 is 2.56 bits per heavy atom. The molecule has 2 rings (SSSR count). The topological polar surface area (TPSA) is 56.7 Å². The molecule has 25 heavy (non-hydrogen) atoms. The maximum atomic E-state index is 13.2. The van der Waals surface area contributed by atoms with Crippen molar-refractivity contribution in [1.82, 2.24) is 15.5 Å². The predicted molar refractivity (Wildman–Crippen MR) is 99.2 cm³/mol. The maximum Gasteiger partial charge on any atom is 0.230 e. The van der Waals surface area contributed by atoms with E-state index in [1.165, 1.54) is 6.07 Å². The summed E-state index contributed by atoms with van der Waals surface area (Å²) in [5.41, 5.74) is 0.495. The van der Waals surface area contributed by atoms with Crippen LogP contribution in [0.25, 0.3) is 0 Å². The molecule has 0 aliphatic heterocycles. The van der Waals surface area contributed by atoms with Crippen LogP contribution in [-0.4, -0.2) is 44.5 Å². The SMILES string of the molecule is CN=C(NCc1ccc(F)c(Cl)c1)NCC1(C(=O)N(C)C)CCCC1. The van der Waals surface area contributed by atoms with E-state index < -0.39 is 5.82 Å². The quantitative estimate of drug-likeness (QED) is 0.620. The third-order valence-corrected chi connectivity index (χ3v) is 4.97. The number of nitrogens with zero attached hydrogens (tertiary/aromatic N) is 2. The maximum absolute atomic E-state index is 13.2. The van der Waals surface area contributed by atoms with Gasteiger partial charge in [0, 0.05) is 34.2 Å². The van der Waals surface area contributed by atoms with Gasteiger partial charge in [-0.3, -0.25) is 9.79 Å². The number of rotatable bonds is 5. The van der Waals surface area contributed by atoms with Crippen LogP contribution >= 0.6 is 11.6 Å². The molecule has 0 spiro atoms. The van der Waals surface area contributed by atoms with Crippen LogP contribution in [0.2, 0.25) is 5.02 Å². The van der Waals surface area contributed by atoms with E-state index in [0.717, 1.165) is 31.2 Å². The van der Waals surface area contributed by atoms with Crippen LogP contribution in [0.15, 0.2) is 23.2 Å². The first-order chi connectivity index (χ1) is 11.9. The number of guanidine groups is 1. The Balaban J connectivity index is 1.95. The largest absolute Gasteiger partial charge is 0.355 e. The molecule has 138 valence electrons. The summed E-state index contributed by atoms with van der Waals surface area (Å²) in [6.07, 6.45) is 3.92. The van der Waals surface area contributed by atoms with E-state index in [1.54, 1.807) is 38.2 Å². The molecule has 1 aliphatic carbocycles. The summed E-state index contributed by atoms with van der Waals surface area (Å²) in [6, 6.07) is 4.61. The van der Waals surface area contributed by atoms with Crippen LogP contribution in [-0.2, 0) is 11.3 Å². The van der Waals surface area contributed by atoms with Gasteiger partial charge in [0.2, 0.25) is 5.91 Å². The first-order valence-electron chi connectivity index (χ1n) is 8.48. The van der Waals surface area contributed by atoms with Crippen molar-refractivity contribution in [3.8, 4) is 0 Å². The fourth-order valence-electron chi connectivity index (χ4n) is 3.30. The molecule has 0 bridgehead atoms. The lowest BCUT2D eigenvalue weighted by molar-refractivity contribution is -0.138. The van der Waals surface area contributed by atoms with Crippen molar-refractivity contribution >= 4 is 23.5 Å². The Bertz CT molecular complexity index is 642. The summed E-state index contributed by atoms with van der Waals surface area (Å²) in [5.74, 6) is 0.342. The number of carbonyl (C=O) groups is 1. The molecule has 0 atom stereocenters. The van der Waals surface area contributed by atoms with Crippen LogP contribution in [0, 0.1) is 11.2 Å². The monoisotopic (exact) mass is 368 g/mol. The van der Waals surface area contributed by atoms with Crippen molar-refractivity contribution in [2.75, 3.05) is 27.7 Å². The average molecular weight is 369 g/mol. The first-order valence-corrected chi connectivity index (χ1v) is 8.86. The van der Waals surface area contributed by atoms with E-state index >= 15 is 0 Å². The summed E-state index contributed by atoms with van der Waals surface area (Å²) >= 11 is 5.80. The van der Waals surface area contributed by atoms with E-state index in [2.05, 4.69) is 15.6 Å². The lowest BCUT2D eigenvalue weighted by atomic mass is 9.84. The Labute approximate surface area is 153 Å². The molecule has 1 saturated carbocycles. The number of nitrogens with one attached hydrogen (secondary N) is 2.